The van der Waals surface area contributed by atoms with Gasteiger partial charge in [0.2, 0.25) is 0 Å². The predicted molar refractivity (Wildman–Crippen MR) is 49.6 cm³/mol. The van der Waals surface area contributed by atoms with Crippen molar-refractivity contribution in [1.29, 1.82) is 0 Å². The molecule has 0 aliphatic heterocycles. The van der Waals surface area contributed by atoms with Crippen molar-refractivity contribution in [2.24, 2.45) is 17.8 Å². The highest BCUT2D eigenvalue weighted by atomic mass is 16.5. The van der Waals surface area contributed by atoms with Crippen molar-refractivity contribution >= 4 is 0 Å². The second-order valence-corrected chi connectivity index (χ2v) is 3.84. The van der Waals surface area contributed by atoms with Gasteiger partial charge in [0.25, 0.3) is 0 Å². The quantitative estimate of drug-likeness (QED) is 0.460. The lowest BCUT2D eigenvalue weighted by Gasteiger charge is -2.16. The SMILES string of the molecule is C/C=C/OCC1CC2C=CC1C2. The summed E-state index contributed by atoms with van der Waals surface area (Å²) in [6, 6.07) is 0. The van der Waals surface area contributed by atoms with E-state index < -0.39 is 0 Å². The lowest BCUT2D eigenvalue weighted by Crippen LogP contribution is -2.12. The summed E-state index contributed by atoms with van der Waals surface area (Å²) in [5.74, 6) is 2.48. The van der Waals surface area contributed by atoms with Gasteiger partial charge in [-0.15, -0.1) is 0 Å². The van der Waals surface area contributed by atoms with E-state index in [9.17, 15) is 0 Å². The van der Waals surface area contributed by atoms with Gasteiger partial charge in [-0.05, 0) is 37.5 Å². The monoisotopic (exact) mass is 164 g/mol. The van der Waals surface area contributed by atoms with Crippen molar-refractivity contribution in [3.05, 3.63) is 24.5 Å². The highest BCUT2D eigenvalue weighted by molar-refractivity contribution is 5.10. The summed E-state index contributed by atoms with van der Waals surface area (Å²) in [6.07, 6.45) is 11.2. The van der Waals surface area contributed by atoms with Gasteiger partial charge in [0, 0.05) is 0 Å². The Bertz CT molecular complexity index is 205. The molecule has 0 N–H and O–H groups in total. The van der Waals surface area contributed by atoms with Crippen LogP contribution >= 0.6 is 0 Å². The van der Waals surface area contributed by atoms with Crippen LogP contribution in [0.2, 0.25) is 0 Å². The summed E-state index contributed by atoms with van der Waals surface area (Å²) < 4.78 is 5.40. The maximum Gasteiger partial charge on any atom is 0.0907 e. The fourth-order valence-corrected chi connectivity index (χ4v) is 2.36. The smallest absolute Gasteiger partial charge is 0.0907 e. The fourth-order valence-electron chi connectivity index (χ4n) is 2.36. The van der Waals surface area contributed by atoms with Gasteiger partial charge in [-0.1, -0.05) is 18.2 Å². The number of fused-ring (bicyclic) bond motifs is 2. The maximum atomic E-state index is 5.40. The standard InChI is InChI=1S/C11H16O/c1-2-5-12-8-11-7-9-3-4-10(11)6-9/h2-5,9-11H,6-8H2,1H3/b5-2+. The number of hydrogen-bond donors (Lipinski definition) is 0. The molecule has 0 spiro atoms. The predicted octanol–water partition coefficient (Wildman–Crippen LogP) is 2.75. The maximum absolute atomic E-state index is 5.40. The van der Waals surface area contributed by atoms with Gasteiger partial charge in [-0.2, -0.15) is 0 Å². The van der Waals surface area contributed by atoms with Gasteiger partial charge >= 0.3 is 0 Å². The molecule has 1 fully saturated rings. The van der Waals surface area contributed by atoms with Crippen LogP contribution in [0.25, 0.3) is 0 Å². The minimum Gasteiger partial charge on any atom is -0.501 e. The number of ether oxygens (including phenoxy) is 1. The first-order valence-corrected chi connectivity index (χ1v) is 4.81. The molecule has 1 heteroatoms. The van der Waals surface area contributed by atoms with E-state index in [2.05, 4.69) is 12.2 Å². The van der Waals surface area contributed by atoms with Crippen molar-refractivity contribution in [3.63, 3.8) is 0 Å². The number of allylic oxidation sites excluding steroid dienone is 3. The third kappa shape index (κ3) is 1.40. The molecule has 2 bridgehead atoms. The molecule has 0 heterocycles. The molecule has 0 aromatic rings. The highest BCUT2D eigenvalue weighted by Crippen LogP contribution is 2.43. The van der Waals surface area contributed by atoms with Crippen molar-refractivity contribution < 1.29 is 4.74 Å². The van der Waals surface area contributed by atoms with Crippen LogP contribution in [0.1, 0.15) is 19.8 Å². The molecule has 2 rings (SSSR count). The zero-order valence-corrected chi connectivity index (χ0v) is 7.57. The van der Waals surface area contributed by atoms with Crippen LogP contribution in [0.5, 0.6) is 0 Å². The summed E-state index contributed by atoms with van der Waals surface area (Å²) in [7, 11) is 0. The largest absolute Gasteiger partial charge is 0.501 e. The molecule has 1 saturated carbocycles. The van der Waals surface area contributed by atoms with Crippen LogP contribution in [-0.4, -0.2) is 6.61 Å². The Labute approximate surface area is 74.1 Å². The van der Waals surface area contributed by atoms with Gasteiger partial charge in [0.1, 0.15) is 0 Å². The molecular formula is C11H16O. The first-order valence-electron chi connectivity index (χ1n) is 4.81. The Kier molecular flexibility index (Phi) is 2.20. The summed E-state index contributed by atoms with van der Waals surface area (Å²) in [5, 5.41) is 0. The molecule has 3 unspecified atom stereocenters. The molecule has 12 heavy (non-hydrogen) atoms. The summed E-state index contributed by atoms with van der Waals surface area (Å²) >= 11 is 0. The zero-order valence-electron chi connectivity index (χ0n) is 7.57. The molecule has 0 aromatic heterocycles. The average molecular weight is 164 g/mol. The van der Waals surface area contributed by atoms with Crippen LogP contribution < -0.4 is 0 Å². The molecule has 2 aliphatic rings. The minimum atomic E-state index is 0.788. The Hall–Kier alpha value is -0.720. The van der Waals surface area contributed by atoms with Gasteiger partial charge in [0.15, 0.2) is 0 Å². The van der Waals surface area contributed by atoms with E-state index in [-0.39, 0.29) is 0 Å². The molecule has 1 nitrogen and oxygen atoms in total. The van der Waals surface area contributed by atoms with Crippen molar-refractivity contribution in [3.8, 4) is 0 Å². The third-order valence-corrected chi connectivity index (χ3v) is 2.96. The fraction of sp³-hybridized carbons (Fsp3) is 0.636. The Morgan fingerprint density at radius 3 is 2.92 bits per heavy atom. The van der Waals surface area contributed by atoms with Crippen LogP contribution in [0, 0.1) is 17.8 Å². The number of hydrogen-bond acceptors (Lipinski definition) is 1. The van der Waals surface area contributed by atoms with Crippen molar-refractivity contribution in [1.82, 2.24) is 0 Å². The van der Waals surface area contributed by atoms with E-state index in [1.807, 2.05) is 13.0 Å². The molecule has 0 aromatic carbocycles. The summed E-state index contributed by atoms with van der Waals surface area (Å²) in [5.41, 5.74) is 0. The molecule has 0 amide bonds. The number of rotatable bonds is 3. The van der Waals surface area contributed by atoms with Gasteiger partial charge in [-0.3, -0.25) is 0 Å². The normalized spacial score (nSPS) is 38.2. The van der Waals surface area contributed by atoms with Gasteiger partial charge in [0.05, 0.1) is 12.9 Å². The van der Waals surface area contributed by atoms with Crippen LogP contribution in [0.3, 0.4) is 0 Å². The Balaban J connectivity index is 1.80. The minimum absolute atomic E-state index is 0.788. The lowest BCUT2D eigenvalue weighted by molar-refractivity contribution is 0.178. The summed E-state index contributed by atoms with van der Waals surface area (Å²) in [6.45, 7) is 2.90. The first-order chi connectivity index (χ1) is 5.90. The lowest BCUT2D eigenvalue weighted by atomic mass is 9.95. The van der Waals surface area contributed by atoms with Crippen LogP contribution in [-0.2, 0) is 4.74 Å². The zero-order chi connectivity index (χ0) is 8.39. The van der Waals surface area contributed by atoms with E-state index in [0.29, 0.717) is 0 Å². The molecule has 66 valence electrons. The molecule has 0 saturated heterocycles. The average Bonchev–Trinajstić information content (AvgIpc) is 2.65. The van der Waals surface area contributed by atoms with Crippen molar-refractivity contribution in [2.75, 3.05) is 6.61 Å². The summed E-state index contributed by atoms with van der Waals surface area (Å²) in [4.78, 5) is 0. The topological polar surface area (TPSA) is 9.23 Å². The van der Waals surface area contributed by atoms with Crippen LogP contribution in [0.4, 0.5) is 0 Å². The van der Waals surface area contributed by atoms with Crippen molar-refractivity contribution in [2.45, 2.75) is 19.8 Å². The van der Waals surface area contributed by atoms with E-state index in [1.165, 1.54) is 12.8 Å². The highest BCUT2D eigenvalue weighted by Gasteiger charge is 2.35. The van der Waals surface area contributed by atoms with E-state index in [0.717, 1.165) is 24.4 Å². The molecular weight excluding hydrogens is 148 g/mol. The molecule has 0 radical (unpaired) electrons. The van der Waals surface area contributed by atoms with E-state index in [1.54, 1.807) is 6.26 Å². The van der Waals surface area contributed by atoms with Gasteiger partial charge < -0.3 is 4.74 Å². The third-order valence-electron chi connectivity index (χ3n) is 2.96. The van der Waals surface area contributed by atoms with Crippen LogP contribution in [0.15, 0.2) is 24.5 Å². The van der Waals surface area contributed by atoms with E-state index in [4.69, 9.17) is 4.74 Å². The first kappa shape index (κ1) is 7.90. The second-order valence-electron chi connectivity index (χ2n) is 3.84. The second kappa shape index (κ2) is 3.34. The Morgan fingerprint density at radius 2 is 2.33 bits per heavy atom. The van der Waals surface area contributed by atoms with E-state index >= 15 is 0 Å². The van der Waals surface area contributed by atoms with Gasteiger partial charge in [-0.25, -0.2) is 0 Å². The molecule has 3 atom stereocenters. The molecule has 2 aliphatic carbocycles. The Morgan fingerprint density at radius 1 is 1.42 bits per heavy atom.